The van der Waals surface area contributed by atoms with Crippen LogP contribution in [0.5, 0.6) is 0 Å². The third kappa shape index (κ3) is 3.33. The number of anilines is 1. The van der Waals surface area contributed by atoms with Crippen molar-refractivity contribution in [3.8, 4) is 0 Å². The number of piperazine rings is 1. The number of nitrogens with zero attached hydrogens (tertiary/aromatic N) is 4. The van der Waals surface area contributed by atoms with Crippen molar-refractivity contribution in [1.82, 2.24) is 14.9 Å². The van der Waals surface area contributed by atoms with Crippen LogP contribution in [0.25, 0.3) is 10.2 Å². The van der Waals surface area contributed by atoms with Crippen molar-refractivity contribution >= 4 is 43.9 Å². The largest absolute Gasteiger partial charge is 0.345 e. The predicted molar refractivity (Wildman–Crippen MR) is 115 cm³/mol. The van der Waals surface area contributed by atoms with Crippen LogP contribution in [0.1, 0.15) is 23.8 Å². The van der Waals surface area contributed by atoms with Gasteiger partial charge in [0, 0.05) is 43.7 Å². The summed E-state index contributed by atoms with van der Waals surface area (Å²) in [4.78, 5) is 27.0. The van der Waals surface area contributed by atoms with Crippen LogP contribution in [0, 0.1) is 5.92 Å². The van der Waals surface area contributed by atoms with Crippen LogP contribution in [0.4, 0.5) is 5.13 Å². The summed E-state index contributed by atoms with van der Waals surface area (Å²) in [6, 6.07) is 8.25. The molecule has 7 heteroatoms. The van der Waals surface area contributed by atoms with Crippen molar-refractivity contribution in [3.63, 3.8) is 0 Å². The monoisotopic (exact) mass is 410 g/mol. The van der Waals surface area contributed by atoms with Crippen molar-refractivity contribution in [1.29, 1.82) is 0 Å². The molecule has 2 aliphatic rings. The summed E-state index contributed by atoms with van der Waals surface area (Å²) in [7, 11) is 0. The van der Waals surface area contributed by atoms with E-state index in [4.69, 9.17) is 4.98 Å². The highest BCUT2D eigenvalue weighted by Crippen LogP contribution is 2.39. The second kappa shape index (κ2) is 7.64. The summed E-state index contributed by atoms with van der Waals surface area (Å²) in [5.74, 6) is 0.469. The number of carbonyl (C=O) groups is 1. The molecular weight excluding hydrogens is 388 g/mol. The van der Waals surface area contributed by atoms with Crippen LogP contribution >= 0.6 is 22.7 Å². The number of aromatic nitrogens is 2. The maximum Gasteiger partial charge on any atom is 0.226 e. The lowest BCUT2D eigenvalue weighted by Gasteiger charge is -2.38. The van der Waals surface area contributed by atoms with Gasteiger partial charge in [0.05, 0.1) is 21.1 Å². The normalized spacial score (nSPS) is 22.7. The molecular formula is C21H22N4OS2. The lowest BCUT2D eigenvalue weighted by Crippen LogP contribution is -2.51. The van der Waals surface area contributed by atoms with Gasteiger partial charge in [-0.2, -0.15) is 0 Å². The third-order valence-electron chi connectivity index (χ3n) is 5.66. The topological polar surface area (TPSA) is 49.3 Å². The van der Waals surface area contributed by atoms with Crippen LogP contribution in [-0.4, -0.2) is 47.0 Å². The average molecular weight is 411 g/mol. The molecule has 1 amide bonds. The fourth-order valence-corrected chi connectivity index (χ4v) is 5.98. The first kappa shape index (κ1) is 17.8. The highest BCUT2D eigenvalue weighted by Gasteiger charge is 2.36. The maximum absolute atomic E-state index is 13.4. The molecule has 2 atom stereocenters. The van der Waals surface area contributed by atoms with Gasteiger partial charge < -0.3 is 9.80 Å². The van der Waals surface area contributed by atoms with Gasteiger partial charge in [-0.15, -0.1) is 22.7 Å². The number of hydrogen-bond acceptors (Lipinski definition) is 6. The van der Waals surface area contributed by atoms with Gasteiger partial charge in [-0.05, 0) is 25.0 Å². The minimum absolute atomic E-state index is 0.00280. The first-order valence-corrected chi connectivity index (χ1v) is 11.4. The van der Waals surface area contributed by atoms with Gasteiger partial charge in [0.15, 0.2) is 5.13 Å². The molecule has 1 aliphatic carbocycles. The summed E-state index contributed by atoms with van der Waals surface area (Å²) in [5.41, 5.74) is 1.04. The Bertz CT molecular complexity index is 956. The second-order valence-corrected chi connectivity index (χ2v) is 9.24. The number of allylic oxidation sites excluding steroid dienone is 2. The van der Waals surface area contributed by atoms with E-state index < -0.39 is 0 Å². The molecule has 1 aliphatic heterocycles. The van der Waals surface area contributed by atoms with Crippen molar-refractivity contribution < 1.29 is 4.79 Å². The first-order valence-electron chi connectivity index (χ1n) is 9.73. The van der Waals surface area contributed by atoms with Gasteiger partial charge in [-0.25, -0.2) is 9.97 Å². The number of hydrogen-bond donors (Lipinski definition) is 0. The lowest BCUT2D eigenvalue weighted by atomic mass is 9.82. The molecule has 28 heavy (non-hydrogen) atoms. The van der Waals surface area contributed by atoms with Gasteiger partial charge in [-0.1, -0.05) is 24.3 Å². The number of thiazole rings is 2. The average Bonchev–Trinajstić information content (AvgIpc) is 3.43. The van der Waals surface area contributed by atoms with E-state index in [9.17, 15) is 4.79 Å². The minimum atomic E-state index is -0.00280. The Kier molecular flexibility index (Phi) is 4.86. The molecule has 1 saturated heterocycles. The van der Waals surface area contributed by atoms with Crippen LogP contribution in [0.3, 0.4) is 0 Å². The zero-order valence-corrected chi connectivity index (χ0v) is 17.2. The number of rotatable bonds is 3. The molecule has 0 saturated carbocycles. The number of fused-ring (bicyclic) bond motifs is 1. The molecule has 0 bridgehead atoms. The smallest absolute Gasteiger partial charge is 0.226 e. The number of carbonyl (C=O) groups excluding carboxylic acids is 1. The Morgan fingerprint density at radius 3 is 2.68 bits per heavy atom. The molecule has 1 fully saturated rings. The second-order valence-electron chi connectivity index (χ2n) is 7.30. The van der Waals surface area contributed by atoms with E-state index in [1.54, 1.807) is 22.7 Å². The molecule has 2 aromatic heterocycles. The van der Waals surface area contributed by atoms with Crippen molar-refractivity contribution in [3.05, 3.63) is 53.0 Å². The lowest BCUT2D eigenvalue weighted by molar-refractivity contribution is -0.136. The first-order chi connectivity index (χ1) is 13.8. The summed E-state index contributed by atoms with van der Waals surface area (Å²) in [6.45, 7) is 3.25. The van der Waals surface area contributed by atoms with Gasteiger partial charge >= 0.3 is 0 Å². The van der Waals surface area contributed by atoms with Crippen LogP contribution in [0.15, 0.2) is 48.0 Å². The van der Waals surface area contributed by atoms with Crippen LogP contribution in [-0.2, 0) is 4.79 Å². The highest BCUT2D eigenvalue weighted by atomic mass is 32.1. The van der Waals surface area contributed by atoms with E-state index in [0.29, 0.717) is 0 Å². The van der Waals surface area contributed by atoms with Crippen molar-refractivity contribution in [2.45, 2.75) is 18.8 Å². The minimum Gasteiger partial charge on any atom is -0.345 e. The zero-order chi connectivity index (χ0) is 18.9. The molecule has 5 nitrogen and oxygen atoms in total. The molecule has 5 rings (SSSR count). The number of benzene rings is 1. The summed E-state index contributed by atoms with van der Waals surface area (Å²) >= 11 is 3.40. The van der Waals surface area contributed by atoms with E-state index in [-0.39, 0.29) is 17.7 Å². The Labute approximate surface area is 172 Å². The highest BCUT2D eigenvalue weighted by molar-refractivity contribution is 7.18. The number of amides is 1. The van der Waals surface area contributed by atoms with Crippen LogP contribution in [0.2, 0.25) is 0 Å². The Hall–Kier alpha value is -2.25. The van der Waals surface area contributed by atoms with E-state index in [1.807, 2.05) is 22.5 Å². The van der Waals surface area contributed by atoms with E-state index >= 15 is 0 Å². The van der Waals surface area contributed by atoms with Gasteiger partial charge in [0.2, 0.25) is 5.91 Å². The van der Waals surface area contributed by atoms with Gasteiger partial charge in [0.1, 0.15) is 0 Å². The molecule has 144 valence electrons. The third-order valence-corrected chi connectivity index (χ3v) is 7.66. The summed E-state index contributed by atoms with van der Waals surface area (Å²) in [6.07, 6.45) is 7.93. The molecule has 0 radical (unpaired) electrons. The molecule has 0 unspecified atom stereocenters. The molecule has 3 heterocycles. The van der Waals surface area contributed by atoms with Gasteiger partial charge in [-0.3, -0.25) is 4.79 Å². The molecule has 0 spiro atoms. The Balaban J connectivity index is 1.32. The fourth-order valence-electron chi connectivity index (χ4n) is 4.13. The van der Waals surface area contributed by atoms with Crippen molar-refractivity contribution in [2.75, 3.05) is 31.1 Å². The van der Waals surface area contributed by atoms with E-state index in [0.717, 1.165) is 54.7 Å². The summed E-state index contributed by atoms with van der Waals surface area (Å²) in [5, 5.41) is 4.16. The molecule has 1 aromatic carbocycles. The Morgan fingerprint density at radius 1 is 1.07 bits per heavy atom. The zero-order valence-electron chi connectivity index (χ0n) is 15.5. The fraction of sp³-hybridized carbons (Fsp3) is 0.381. The Morgan fingerprint density at radius 2 is 1.89 bits per heavy atom. The summed E-state index contributed by atoms with van der Waals surface area (Å²) < 4.78 is 1.20. The SMILES string of the molecule is O=C([C@@H]1CC=CC[C@H]1c1nc2ccccc2s1)N1CCN(c2nccs2)CC1. The van der Waals surface area contributed by atoms with Gasteiger partial charge in [0.25, 0.3) is 0 Å². The predicted octanol–water partition coefficient (Wildman–Crippen LogP) is 4.15. The molecule has 3 aromatic rings. The maximum atomic E-state index is 13.4. The van der Waals surface area contributed by atoms with E-state index in [2.05, 4.69) is 40.2 Å². The standard InChI is InChI=1S/C21H22N4OS2/c26-20(24-10-12-25(13-11-24)21-22-9-14-27-21)16-6-2-1-5-15(16)19-23-17-7-3-4-8-18(17)28-19/h1-4,7-9,14-16H,5-6,10-13H2/t15-,16-/m1/s1. The van der Waals surface area contributed by atoms with E-state index in [1.165, 1.54) is 4.70 Å². The quantitative estimate of drug-likeness (QED) is 0.609. The molecule has 0 N–H and O–H groups in total. The van der Waals surface area contributed by atoms with Crippen LogP contribution < -0.4 is 4.90 Å². The van der Waals surface area contributed by atoms with Crippen molar-refractivity contribution in [2.24, 2.45) is 5.92 Å². The number of para-hydroxylation sites is 1.